The predicted octanol–water partition coefficient (Wildman–Crippen LogP) is 3.14. The summed E-state index contributed by atoms with van der Waals surface area (Å²) in [6.07, 6.45) is 5.40. The summed E-state index contributed by atoms with van der Waals surface area (Å²) >= 11 is 0. The van der Waals surface area contributed by atoms with Crippen LogP contribution in [-0.2, 0) is 29.3 Å². The summed E-state index contributed by atoms with van der Waals surface area (Å²) in [6, 6.07) is 12.1. The molecule has 0 amide bonds. The van der Waals surface area contributed by atoms with Crippen molar-refractivity contribution in [1.82, 2.24) is 9.62 Å². The first-order chi connectivity index (χ1) is 13.8. The highest BCUT2D eigenvalue weighted by molar-refractivity contribution is 7.89. The Bertz CT molecular complexity index is 1000. The van der Waals surface area contributed by atoms with Gasteiger partial charge in [-0.05, 0) is 86.7 Å². The van der Waals surface area contributed by atoms with E-state index in [1.807, 2.05) is 26.2 Å². The van der Waals surface area contributed by atoms with Crippen LogP contribution in [0.5, 0.6) is 0 Å². The van der Waals surface area contributed by atoms with Crippen LogP contribution in [0.3, 0.4) is 0 Å². The first kappa shape index (κ1) is 20.4. The molecule has 2 aromatic rings. The number of sulfonamides is 1. The maximum Gasteiger partial charge on any atom is 0.240 e. The molecule has 2 aliphatic rings. The van der Waals surface area contributed by atoms with Gasteiger partial charge in [-0.1, -0.05) is 18.2 Å². The number of anilines is 1. The maximum atomic E-state index is 13.0. The number of fused-ring (bicyclic) bond motifs is 2. The van der Waals surface area contributed by atoms with Gasteiger partial charge in [0.1, 0.15) is 0 Å². The van der Waals surface area contributed by atoms with Crippen LogP contribution < -0.4 is 9.62 Å². The van der Waals surface area contributed by atoms with Crippen molar-refractivity contribution in [3.63, 3.8) is 0 Å². The number of nitrogens with one attached hydrogen (secondary N) is 1. The number of aryl methyl sites for hydroxylation is 2. The molecule has 1 atom stereocenters. The molecule has 2 aromatic carbocycles. The van der Waals surface area contributed by atoms with E-state index in [1.165, 1.54) is 28.8 Å². The summed E-state index contributed by atoms with van der Waals surface area (Å²) in [6.45, 7) is 1.39. The Kier molecular flexibility index (Phi) is 5.69. The van der Waals surface area contributed by atoms with Crippen molar-refractivity contribution >= 4 is 15.7 Å². The zero-order valence-corrected chi connectivity index (χ0v) is 18.4. The summed E-state index contributed by atoms with van der Waals surface area (Å²) in [7, 11) is 2.57. The Morgan fingerprint density at radius 1 is 1.00 bits per heavy atom. The third-order valence-corrected chi connectivity index (χ3v) is 7.76. The molecule has 0 radical (unpaired) electrons. The summed E-state index contributed by atoms with van der Waals surface area (Å²) in [5, 5.41) is 0. The lowest BCUT2D eigenvalue weighted by atomic mass is 9.92. The molecule has 29 heavy (non-hydrogen) atoms. The van der Waals surface area contributed by atoms with E-state index in [9.17, 15) is 8.42 Å². The number of hydrogen-bond donors (Lipinski definition) is 1. The molecule has 0 bridgehead atoms. The summed E-state index contributed by atoms with van der Waals surface area (Å²) in [5.74, 6) is 0. The quantitative estimate of drug-likeness (QED) is 0.791. The third-order valence-electron chi connectivity index (χ3n) is 6.34. The number of rotatable bonds is 6. The van der Waals surface area contributed by atoms with Gasteiger partial charge in [0, 0.05) is 31.9 Å². The highest BCUT2D eigenvalue weighted by Crippen LogP contribution is 2.31. The minimum absolute atomic E-state index is 0.0152. The van der Waals surface area contributed by atoms with E-state index in [0.717, 1.165) is 37.8 Å². The van der Waals surface area contributed by atoms with Crippen LogP contribution in [0.25, 0.3) is 0 Å². The van der Waals surface area contributed by atoms with E-state index in [0.29, 0.717) is 11.4 Å². The molecule has 4 rings (SSSR count). The normalized spacial score (nSPS) is 17.3. The zero-order valence-electron chi connectivity index (χ0n) is 17.6. The molecule has 0 aromatic heterocycles. The maximum absolute atomic E-state index is 13.0. The SMILES string of the molecule is CN1CCc2cc([C@H](CNS(=O)(=O)c3ccc4c(c3)CCCC4)N(C)C)ccc21. The van der Waals surface area contributed by atoms with Gasteiger partial charge in [-0.2, -0.15) is 0 Å². The second-order valence-corrected chi connectivity index (χ2v) is 10.3. The van der Waals surface area contributed by atoms with Crippen LogP contribution in [-0.4, -0.2) is 47.6 Å². The second kappa shape index (κ2) is 8.09. The molecule has 1 N–H and O–H groups in total. The molecular weight excluding hydrogens is 382 g/mol. The average molecular weight is 414 g/mol. The molecule has 1 heterocycles. The molecule has 0 fully saturated rings. The molecule has 0 saturated carbocycles. The Balaban J connectivity index is 1.52. The Morgan fingerprint density at radius 2 is 1.76 bits per heavy atom. The fourth-order valence-corrected chi connectivity index (χ4v) is 5.63. The lowest BCUT2D eigenvalue weighted by Crippen LogP contribution is -2.34. The van der Waals surface area contributed by atoms with Crippen molar-refractivity contribution in [2.24, 2.45) is 0 Å². The highest BCUT2D eigenvalue weighted by atomic mass is 32.2. The lowest BCUT2D eigenvalue weighted by molar-refractivity contribution is 0.299. The van der Waals surface area contributed by atoms with E-state index in [1.54, 1.807) is 6.07 Å². The Morgan fingerprint density at radius 3 is 2.52 bits per heavy atom. The van der Waals surface area contributed by atoms with Gasteiger partial charge in [-0.25, -0.2) is 13.1 Å². The molecule has 0 spiro atoms. The summed E-state index contributed by atoms with van der Waals surface area (Å²) < 4.78 is 28.8. The smallest absolute Gasteiger partial charge is 0.240 e. The summed E-state index contributed by atoms with van der Waals surface area (Å²) in [5.41, 5.74) is 6.25. The van der Waals surface area contributed by atoms with Gasteiger partial charge in [-0.3, -0.25) is 0 Å². The molecule has 1 aliphatic carbocycles. The molecule has 0 saturated heterocycles. The Labute approximate surface area is 174 Å². The van der Waals surface area contributed by atoms with Crippen molar-refractivity contribution < 1.29 is 8.42 Å². The van der Waals surface area contributed by atoms with Crippen molar-refractivity contribution in [1.29, 1.82) is 0 Å². The fraction of sp³-hybridized carbons (Fsp3) is 0.478. The van der Waals surface area contributed by atoms with Gasteiger partial charge in [0.2, 0.25) is 10.0 Å². The van der Waals surface area contributed by atoms with Crippen molar-refractivity contribution in [3.05, 3.63) is 58.7 Å². The Hall–Kier alpha value is -1.89. The topological polar surface area (TPSA) is 52.7 Å². The van der Waals surface area contributed by atoms with E-state index >= 15 is 0 Å². The van der Waals surface area contributed by atoms with Crippen molar-refractivity contribution in [2.45, 2.75) is 43.0 Å². The number of nitrogens with zero attached hydrogens (tertiary/aromatic N) is 2. The predicted molar refractivity (Wildman–Crippen MR) is 118 cm³/mol. The van der Waals surface area contributed by atoms with E-state index in [2.05, 4.69) is 39.8 Å². The van der Waals surface area contributed by atoms with Crippen LogP contribution in [0, 0.1) is 0 Å². The summed E-state index contributed by atoms with van der Waals surface area (Å²) in [4.78, 5) is 4.73. The van der Waals surface area contributed by atoms with Gasteiger partial charge in [-0.15, -0.1) is 0 Å². The first-order valence-corrected chi connectivity index (χ1v) is 12.0. The second-order valence-electron chi connectivity index (χ2n) is 8.53. The van der Waals surface area contributed by atoms with Crippen LogP contribution in [0.4, 0.5) is 5.69 Å². The van der Waals surface area contributed by atoms with Crippen LogP contribution in [0.1, 0.15) is 41.1 Å². The molecule has 156 valence electrons. The van der Waals surface area contributed by atoms with Crippen LogP contribution in [0.15, 0.2) is 41.3 Å². The van der Waals surface area contributed by atoms with E-state index in [-0.39, 0.29) is 6.04 Å². The molecule has 5 nitrogen and oxygen atoms in total. The zero-order chi connectivity index (χ0) is 20.6. The van der Waals surface area contributed by atoms with Gasteiger partial charge >= 0.3 is 0 Å². The van der Waals surface area contributed by atoms with Crippen LogP contribution >= 0.6 is 0 Å². The monoisotopic (exact) mass is 413 g/mol. The average Bonchev–Trinajstić information content (AvgIpc) is 3.08. The standard InChI is InChI=1S/C23H31N3O2S/c1-25(2)23(19-9-11-22-20(14-19)12-13-26(22)3)16-24-29(27,28)21-10-8-17-6-4-5-7-18(17)15-21/h8-11,14-15,23-24H,4-7,12-13,16H2,1-3H3/t23-/m0/s1. The van der Waals surface area contributed by atoms with Crippen molar-refractivity contribution in [3.8, 4) is 0 Å². The lowest BCUT2D eigenvalue weighted by Gasteiger charge is -2.26. The molecule has 1 aliphatic heterocycles. The van der Waals surface area contributed by atoms with Crippen molar-refractivity contribution in [2.75, 3.05) is 39.1 Å². The van der Waals surface area contributed by atoms with E-state index < -0.39 is 10.0 Å². The van der Waals surface area contributed by atoms with Gasteiger partial charge < -0.3 is 9.80 Å². The number of likely N-dealkylation sites (N-methyl/N-ethyl adjacent to an activating group) is 2. The van der Waals surface area contributed by atoms with Crippen LogP contribution in [0.2, 0.25) is 0 Å². The third kappa shape index (κ3) is 4.20. The minimum atomic E-state index is -3.54. The van der Waals surface area contributed by atoms with E-state index in [4.69, 9.17) is 0 Å². The molecular formula is C23H31N3O2S. The molecule has 0 unspecified atom stereocenters. The number of benzene rings is 2. The highest BCUT2D eigenvalue weighted by Gasteiger charge is 2.23. The van der Waals surface area contributed by atoms with Gasteiger partial charge in [0.25, 0.3) is 0 Å². The largest absolute Gasteiger partial charge is 0.374 e. The fourth-order valence-electron chi connectivity index (χ4n) is 4.54. The van der Waals surface area contributed by atoms with Gasteiger partial charge in [0.05, 0.1) is 4.90 Å². The molecule has 6 heteroatoms. The number of hydrogen-bond acceptors (Lipinski definition) is 4. The minimum Gasteiger partial charge on any atom is -0.374 e. The first-order valence-electron chi connectivity index (χ1n) is 10.5. The van der Waals surface area contributed by atoms with Gasteiger partial charge in [0.15, 0.2) is 0 Å².